The van der Waals surface area contributed by atoms with Gasteiger partial charge in [0.05, 0.1) is 24.9 Å². The van der Waals surface area contributed by atoms with Gasteiger partial charge < -0.3 is 4.90 Å². The highest BCUT2D eigenvalue weighted by molar-refractivity contribution is 9.11. The van der Waals surface area contributed by atoms with Gasteiger partial charge in [-0.1, -0.05) is 11.6 Å². The smallest absolute Gasteiger partial charge is 0.185 e. The molecule has 2 aromatic carbocycles. The van der Waals surface area contributed by atoms with E-state index in [0.717, 1.165) is 6.07 Å². The maximum Gasteiger partial charge on any atom is 0.185 e. The SMILES string of the molecule is O=S(=O)(c1c(F)c(Br)cc(F)c1Br)C1CCN(c2nc(-c3ccc(F)c(Cl)c3)cs2)CC1. The number of sulfone groups is 1. The molecule has 1 saturated heterocycles. The normalized spacial score (nSPS) is 15.4. The Morgan fingerprint density at radius 2 is 1.78 bits per heavy atom. The van der Waals surface area contributed by atoms with Gasteiger partial charge in [-0.05, 0) is 69.0 Å². The van der Waals surface area contributed by atoms with Crippen LogP contribution in [0.5, 0.6) is 0 Å². The minimum Gasteiger partial charge on any atom is -0.348 e. The number of thiazole rings is 1. The lowest BCUT2D eigenvalue weighted by Crippen LogP contribution is -2.39. The minimum atomic E-state index is -4.11. The predicted octanol–water partition coefficient (Wildman–Crippen LogP) is 6.85. The van der Waals surface area contributed by atoms with Crippen molar-refractivity contribution in [2.75, 3.05) is 18.0 Å². The number of rotatable bonds is 4. The standard InChI is InChI=1S/C20H14Br2ClF3N2O2S2/c21-12-8-15(25)17(22)19(18(12)26)32(29,30)11-3-5-28(6-4-11)20-27-16(9-31-20)10-1-2-14(24)13(23)7-10/h1-2,7-9,11H,3-6H2. The zero-order valence-electron chi connectivity index (χ0n) is 16.1. The topological polar surface area (TPSA) is 50.3 Å². The summed E-state index contributed by atoms with van der Waals surface area (Å²) in [4.78, 5) is 5.85. The van der Waals surface area contributed by atoms with Crippen molar-refractivity contribution in [2.24, 2.45) is 0 Å². The minimum absolute atomic E-state index is 0.00505. The van der Waals surface area contributed by atoms with Crippen LogP contribution in [0.25, 0.3) is 11.3 Å². The number of anilines is 1. The molecule has 0 unspecified atom stereocenters. The van der Waals surface area contributed by atoms with Crippen molar-refractivity contribution in [3.63, 3.8) is 0 Å². The first-order valence-corrected chi connectivity index (χ1v) is 13.7. The summed E-state index contributed by atoms with van der Waals surface area (Å²) in [5.74, 6) is -2.38. The fourth-order valence-electron chi connectivity index (χ4n) is 3.52. The molecule has 12 heteroatoms. The van der Waals surface area contributed by atoms with Crippen molar-refractivity contribution in [3.8, 4) is 11.3 Å². The summed E-state index contributed by atoms with van der Waals surface area (Å²) in [5, 5.41) is 1.66. The van der Waals surface area contributed by atoms with E-state index in [1.54, 1.807) is 6.07 Å². The van der Waals surface area contributed by atoms with Crippen molar-refractivity contribution in [1.29, 1.82) is 0 Å². The van der Waals surface area contributed by atoms with Gasteiger partial charge in [-0.25, -0.2) is 26.6 Å². The van der Waals surface area contributed by atoms with E-state index >= 15 is 0 Å². The summed E-state index contributed by atoms with van der Waals surface area (Å²) in [7, 11) is -4.11. The zero-order chi connectivity index (χ0) is 23.2. The van der Waals surface area contributed by atoms with Gasteiger partial charge in [0, 0.05) is 24.0 Å². The molecule has 1 aromatic heterocycles. The molecule has 1 fully saturated rings. The van der Waals surface area contributed by atoms with Gasteiger partial charge in [-0.15, -0.1) is 11.3 Å². The van der Waals surface area contributed by atoms with Gasteiger partial charge in [0.25, 0.3) is 0 Å². The first kappa shape index (κ1) is 24.0. The maximum absolute atomic E-state index is 14.6. The van der Waals surface area contributed by atoms with E-state index in [4.69, 9.17) is 11.6 Å². The largest absolute Gasteiger partial charge is 0.348 e. The molecule has 1 aliphatic heterocycles. The second-order valence-corrected chi connectivity index (χ2v) is 12.2. The highest BCUT2D eigenvalue weighted by Crippen LogP contribution is 2.38. The lowest BCUT2D eigenvalue weighted by molar-refractivity contribution is 0.512. The molecular weight excluding hydrogens is 617 g/mol. The van der Waals surface area contributed by atoms with Crippen molar-refractivity contribution in [3.05, 3.63) is 61.1 Å². The van der Waals surface area contributed by atoms with Crippen molar-refractivity contribution in [2.45, 2.75) is 23.0 Å². The van der Waals surface area contributed by atoms with E-state index in [2.05, 4.69) is 36.8 Å². The maximum atomic E-state index is 14.6. The van der Waals surface area contributed by atoms with Crippen molar-refractivity contribution < 1.29 is 21.6 Å². The molecule has 0 atom stereocenters. The van der Waals surface area contributed by atoms with Crippen LogP contribution < -0.4 is 4.90 Å². The monoisotopic (exact) mass is 628 g/mol. The van der Waals surface area contributed by atoms with Crippen molar-refractivity contribution >= 4 is 69.8 Å². The number of hydrogen-bond acceptors (Lipinski definition) is 5. The average molecular weight is 631 g/mol. The van der Waals surface area contributed by atoms with E-state index in [1.165, 1.54) is 23.5 Å². The second kappa shape index (κ2) is 9.25. The Balaban J connectivity index is 1.52. The summed E-state index contributed by atoms with van der Waals surface area (Å²) < 4.78 is 67.6. The number of aromatic nitrogens is 1. The molecule has 4 rings (SSSR count). The summed E-state index contributed by atoms with van der Waals surface area (Å²) >= 11 is 13.0. The molecule has 1 aliphatic rings. The summed E-state index contributed by atoms with van der Waals surface area (Å²) in [5.41, 5.74) is 1.31. The molecule has 0 aliphatic carbocycles. The molecule has 3 aromatic rings. The van der Waals surface area contributed by atoms with Crippen molar-refractivity contribution in [1.82, 2.24) is 4.98 Å². The molecule has 0 spiro atoms. The van der Waals surface area contributed by atoms with Gasteiger partial charge in [-0.2, -0.15) is 0 Å². The molecule has 4 nitrogen and oxygen atoms in total. The molecule has 32 heavy (non-hydrogen) atoms. The Kier molecular flexibility index (Phi) is 6.94. The van der Waals surface area contributed by atoms with Gasteiger partial charge in [0.2, 0.25) is 0 Å². The molecule has 170 valence electrons. The summed E-state index contributed by atoms with van der Waals surface area (Å²) in [6.45, 7) is 0.771. The number of hydrogen-bond donors (Lipinski definition) is 0. The molecule has 0 amide bonds. The number of halogens is 6. The lowest BCUT2D eigenvalue weighted by Gasteiger charge is -2.31. The van der Waals surface area contributed by atoms with Crippen LogP contribution in [-0.4, -0.2) is 31.7 Å². The van der Waals surface area contributed by atoms with Crippen LogP contribution in [0.1, 0.15) is 12.8 Å². The van der Waals surface area contributed by atoms with Crippen LogP contribution >= 0.6 is 54.8 Å². The number of nitrogens with zero attached hydrogens (tertiary/aromatic N) is 2. The van der Waals surface area contributed by atoms with Gasteiger partial charge >= 0.3 is 0 Å². The average Bonchev–Trinajstić information content (AvgIpc) is 3.25. The number of benzene rings is 2. The third kappa shape index (κ3) is 4.46. The van der Waals surface area contributed by atoms with E-state index in [1.807, 2.05) is 10.3 Å². The quantitative estimate of drug-likeness (QED) is 0.296. The fraction of sp³-hybridized carbons (Fsp3) is 0.250. The van der Waals surface area contributed by atoms with E-state index in [0.29, 0.717) is 29.5 Å². The first-order valence-electron chi connectivity index (χ1n) is 9.32. The van der Waals surface area contributed by atoms with Crippen LogP contribution in [0.2, 0.25) is 5.02 Å². The van der Waals surface area contributed by atoms with Gasteiger partial charge in [-0.3, -0.25) is 0 Å². The Bertz CT molecular complexity index is 1270. The highest BCUT2D eigenvalue weighted by Gasteiger charge is 2.37. The Labute approximate surface area is 208 Å². The van der Waals surface area contributed by atoms with E-state index in [-0.39, 0.29) is 22.3 Å². The van der Waals surface area contributed by atoms with Gasteiger partial charge in [0.15, 0.2) is 20.8 Å². The molecule has 2 heterocycles. The van der Waals surface area contributed by atoms with Crippen LogP contribution in [0.15, 0.2) is 43.5 Å². The molecule has 0 radical (unpaired) electrons. The summed E-state index contributed by atoms with van der Waals surface area (Å²) in [6, 6.07) is 5.24. The Morgan fingerprint density at radius 3 is 2.44 bits per heavy atom. The summed E-state index contributed by atoms with van der Waals surface area (Å²) in [6.07, 6.45) is 0.471. The third-order valence-corrected chi connectivity index (χ3v) is 10.3. The Hall–Kier alpha value is -1.14. The van der Waals surface area contributed by atoms with Crippen LogP contribution in [0, 0.1) is 17.5 Å². The van der Waals surface area contributed by atoms with Gasteiger partial charge in [0.1, 0.15) is 16.5 Å². The predicted molar refractivity (Wildman–Crippen MR) is 127 cm³/mol. The Morgan fingerprint density at radius 1 is 1.09 bits per heavy atom. The molecule has 0 N–H and O–H groups in total. The highest BCUT2D eigenvalue weighted by atomic mass is 79.9. The molecule has 0 bridgehead atoms. The third-order valence-electron chi connectivity index (χ3n) is 5.21. The van der Waals surface area contributed by atoms with Crippen LogP contribution in [0.3, 0.4) is 0 Å². The fourth-order valence-corrected chi connectivity index (χ4v) is 7.96. The lowest BCUT2D eigenvalue weighted by atomic mass is 10.1. The van der Waals surface area contributed by atoms with E-state index < -0.39 is 41.9 Å². The molecular formula is C20H14Br2ClF3N2O2S2. The second-order valence-electron chi connectivity index (χ2n) is 7.17. The van der Waals surface area contributed by atoms with Crippen LogP contribution in [0.4, 0.5) is 18.3 Å². The zero-order valence-corrected chi connectivity index (χ0v) is 21.6. The first-order chi connectivity index (χ1) is 15.1. The molecule has 0 saturated carbocycles. The van der Waals surface area contributed by atoms with E-state index in [9.17, 15) is 21.6 Å². The van der Waals surface area contributed by atoms with Crippen LogP contribution in [-0.2, 0) is 9.84 Å². The number of piperidine rings is 1.